The highest BCUT2D eigenvalue weighted by molar-refractivity contribution is 5.86. The van der Waals surface area contributed by atoms with Crippen LogP contribution in [-0.4, -0.2) is 23.9 Å². The second-order valence-corrected chi connectivity index (χ2v) is 12.2. The maximum Gasteiger partial charge on any atom is 0.335 e. The highest BCUT2D eigenvalue weighted by Gasteiger charge is 2.17. The molecule has 0 N–H and O–H groups in total. The molecule has 10 nitrogen and oxygen atoms in total. The van der Waals surface area contributed by atoms with Crippen LogP contribution in [0.15, 0.2) is 196 Å². The van der Waals surface area contributed by atoms with Crippen molar-refractivity contribution >= 4 is 58.0 Å². The largest absolute Gasteiger partial charge is 0.423 e. The lowest BCUT2D eigenvalue weighted by molar-refractivity contribution is -0.129. The number of hydrogen-bond acceptors (Lipinski definition) is 10. The molecular weight excluding hydrogens is 733 g/mol. The minimum atomic E-state index is -0.560. The van der Waals surface area contributed by atoms with E-state index in [0.717, 1.165) is 69.6 Å². The summed E-state index contributed by atoms with van der Waals surface area (Å²) < 4.78 is 21.1. The van der Waals surface area contributed by atoms with E-state index in [0.29, 0.717) is 23.0 Å². The normalized spacial score (nSPS) is 10.3. The maximum atomic E-state index is 11.8. The van der Waals surface area contributed by atoms with Gasteiger partial charge in [-0.3, -0.25) is 0 Å². The van der Waals surface area contributed by atoms with Crippen LogP contribution in [0.25, 0.3) is 11.1 Å². The Kier molecular flexibility index (Phi) is 12.5. The molecule has 6 aromatic rings. The number of rotatable bonds is 15. The highest BCUT2D eigenvalue weighted by Crippen LogP contribution is 2.39. The van der Waals surface area contributed by atoms with E-state index >= 15 is 0 Å². The summed E-state index contributed by atoms with van der Waals surface area (Å²) in [7, 11) is 0. The summed E-state index contributed by atoms with van der Waals surface area (Å²) in [6, 6.07) is 44.3. The van der Waals surface area contributed by atoms with Crippen molar-refractivity contribution < 1.29 is 38.1 Å². The Hall–Kier alpha value is -8.24. The molecule has 0 aliphatic heterocycles. The van der Waals surface area contributed by atoms with Crippen LogP contribution in [-0.2, 0) is 19.2 Å². The molecule has 0 atom stereocenters. The lowest BCUT2D eigenvalue weighted by Gasteiger charge is -2.26. The Balaban J connectivity index is 1.30. The fourth-order valence-corrected chi connectivity index (χ4v) is 5.78. The van der Waals surface area contributed by atoms with Gasteiger partial charge in [-0.2, -0.15) is 0 Å². The van der Waals surface area contributed by atoms with E-state index in [9.17, 15) is 19.2 Å². The van der Waals surface area contributed by atoms with Gasteiger partial charge in [0.15, 0.2) is 0 Å². The van der Waals surface area contributed by atoms with Crippen LogP contribution >= 0.6 is 0 Å². The van der Waals surface area contributed by atoms with Gasteiger partial charge in [0, 0.05) is 58.4 Å². The molecule has 0 radical (unpaired) electrons. The molecule has 0 aliphatic rings. The molecule has 0 unspecified atom stereocenters. The Bertz CT molecular complexity index is 2150. The molecule has 6 rings (SSSR count). The van der Waals surface area contributed by atoms with Crippen molar-refractivity contribution in [3.63, 3.8) is 0 Å². The number of anilines is 6. The van der Waals surface area contributed by atoms with E-state index in [1.165, 1.54) is 0 Å². The molecule has 0 saturated heterocycles. The van der Waals surface area contributed by atoms with Crippen molar-refractivity contribution in [1.29, 1.82) is 0 Å². The monoisotopic (exact) mass is 768 g/mol. The molecule has 0 aromatic heterocycles. The van der Waals surface area contributed by atoms with E-state index in [-0.39, 0.29) is 0 Å². The standard InChI is InChI=1S/C48H36N2O8/c1-5-45(51)55-41-25-17-37(18-26-41)49(38-19-27-42(28-20-38)56-46(52)6-2)35-13-9-33(10-14-35)34-11-15-36(16-12-34)50(39-21-29-43(30-22-39)57-47(53)7-3)40-23-31-44(32-24-40)58-48(54)8-4/h5-32H,1-4H2. The minimum Gasteiger partial charge on any atom is -0.423 e. The molecule has 0 fully saturated rings. The number of benzene rings is 6. The SMILES string of the molecule is C=CC(=O)Oc1ccc(N(c2ccc(OC(=O)C=C)cc2)c2ccc(-c3ccc(N(c4ccc(OC(=O)C=C)cc4)c4ccc(OC(=O)C=C)cc4)cc3)cc2)cc1. The van der Waals surface area contributed by atoms with E-state index in [1.54, 1.807) is 48.5 Å². The van der Waals surface area contributed by atoms with Crippen molar-refractivity contribution in [2.75, 3.05) is 9.80 Å². The Morgan fingerprint density at radius 2 is 0.483 bits per heavy atom. The number of ether oxygens (including phenoxy) is 4. The summed E-state index contributed by atoms with van der Waals surface area (Å²) in [6.45, 7) is 13.8. The number of carbonyl (C=O) groups is 4. The lowest BCUT2D eigenvalue weighted by Crippen LogP contribution is -2.11. The smallest absolute Gasteiger partial charge is 0.335 e. The van der Waals surface area contributed by atoms with Gasteiger partial charge in [0.05, 0.1) is 0 Å². The van der Waals surface area contributed by atoms with Gasteiger partial charge in [-0.25, -0.2) is 19.2 Å². The number of carbonyl (C=O) groups excluding carboxylic acids is 4. The third-order valence-corrected chi connectivity index (χ3v) is 8.50. The zero-order chi connectivity index (χ0) is 41.0. The first kappa shape index (κ1) is 39.5. The summed E-state index contributed by atoms with van der Waals surface area (Å²) in [6.07, 6.45) is 4.40. The number of esters is 4. The molecule has 0 saturated carbocycles. The van der Waals surface area contributed by atoms with Gasteiger partial charge in [-0.05, 0) is 132 Å². The summed E-state index contributed by atoms with van der Waals surface area (Å²) >= 11 is 0. The van der Waals surface area contributed by atoms with Crippen LogP contribution in [0.5, 0.6) is 23.0 Å². The predicted molar refractivity (Wildman–Crippen MR) is 225 cm³/mol. The minimum absolute atomic E-state index is 0.370. The topological polar surface area (TPSA) is 112 Å². The van der Waals surface area contributed by atoms with Gasteiger partial charge in [0.25, 0.3) is 0 Å². The van der Waals surface area contributed by atoms with Crippen molar-refractivity contribution in [1.82, 2.24) is 0 Å². The molecular formula is C48H36N2O8. The third kappa shape index (κ3) is 9.70. The fraction of sp³-hybridized carbons (Fsp3) is 0. The molecule has 6 aromatic carbocycles. The molecule has 58 heavy (non-hydrogen) atoms. The Morgan fingerprint density at radius 1 is 0.310 bits per heavy atom. The first-order chi connectivity index (χ1) is 28.2. The first-order valence-corrected chi connectivity index (χ1v) is 17.8. The molecule has 0 heterocycles. The molecule has 10 heteroatoms. The number of hydrogen-bond donors (Lipinski definition) is 0. The quantitative estimate of drug-likeness (QED) is 0.0568. The Morgan fingerprint density at radius 3 is 0.655 bits per heavy atom. The van der Waals surface area contributed by atoms with Gasteiger partial charge in [-0.15, -0.1) is 0 Å². The average Bonchev–Trinajstić information content (AvgIpc) is 3.26. The van der Waals surface area contributed by atoms with Crippen LogP contribution in [0.4, 0.5) is 34.1 Å². The Labute approximate surface area is 335 Å². The van der Waals surface area contributed by atoms with Gasteiger partial charge in [-0.1, -0.05) is 50.6 Å². The highest BCUT2D eigenvalue weighted by atomic mass is 16.5. The molecule has 0 bridgehead atoms. The van der Waals surface area contributed by atoms with E-state index in [1.807, 2.05) is 107 Å². The lowest BCUT2D eigenvalue weighted by atomic mass is 10.0. The summed E-state index contributed by atoms with van der Waals surface area (Å²) in [4.78, 5) is 51.1. The van der Waals surface area contributed by atoms with Crippen LogP contribution in [0.2, 0.25) is 0 Å². The zero-order valence-corrected chi connectivity index (χ0v) is 31.2. The predicted octanol–water partition coefficient (Wildman–Crippen LogP) is 10.7. The van der Waals surface area contributed by atoms with Gasteiger partial charge >= 0.3 is 23.9 Å². The molecule has 0 amide bonds. The van der Waals surface area contributed by atoms with Crippen molar-refractivity contribution in [3.05, 3.63) is 196 Å². The van der Waals surface area contributed by atoms with Crippen LogP contribution in [0, 0.1) is 0 Å². The van der Waals surface area contributed by atoms with Crippen molar-refractivity contribution in [2.24, 2.45) is 0 Å². The average molecular weight is 769 g/mol. The summed E-state index contributed by atoms with van der Waals surface area (Å²) in [5, 5.41) is 0. The summed E-state index contributed by atoms with van der Waals surface area (Å²) in [5.41, 5.74) is 6.72. The van der Waals surface area contributed by atoms with Gasteiger partial charge in [0.2, 0.25) is 0 Å². The zero-order valence-electron chi connectivity index (χ0n) is 31.2. The molecule has 0 spiro atoms. The first-order valence-electron chi connectivity index (χ1n) is 17.8. The van der Waals surface area contributed by atoms with Crippen molar-refractivity contribution in [3.8, 4) is 34.1 Å². The van der Waals surface area contributed by atoms with Crippen LogP contribution in [0.3, 0.4) is 0 Å². The van der Waals surface area contributed by atoms with E-state index in [4.69, 9.17) is 18.9 Å². The summed E-state index contributed by atoms with van der Waals surface area (Å²) in [5.74, 6) is -0.759. The van der Waals surface area contributed by atoms with Gasteiger partial charge < -0.3 is 28.7 Å². The molecule has 0 aliphatic carbocycles. The number of nitrogens with zero attached hydrogens (tertiary/aromatic N) is 2. The van der Waals surface area contributed by atoms with Crippen molar-refractivity contribution in [2.45, 2.75) is 0 Å². The fourth-order valence-electron chi connectivity index (χ4n) is 5.78. The van der Waals surface area contributed by atoms with Crippen LogP contribution < -0.4 is 28.7 Å². The van der Waals surface area contributed by atoms with E-state index < -0.39 is 23.9 Å². The maximum absolute atomic E-state index is 11.8. The third-order valence-electron chi connectivity index (χ3n) is 8.50. The van der Waals surface area contributed by atoms with Gasteiger partial charge in [0.1, 0.15) is 23.0 Å². The molecule has 286 valence electrons. The second kappa shape index (κ2) is 18.4. The second-order valence-electron chi connectivity index (χ2n) is 12.2. The van der Waals surface area contributed by atoms with Crippen LogP contribution in [0.1, 0.15) is 0 Å². The van der Waals surface area contributed by atoms with E-state index in [2.05, 4.69) is 26.3 Å².